The van der Waals surface area contributed by atoms with Crippen molar-refractivity contribution in [1.82, 2.24) is 14.8 Å². The number of aliphatic carboxylic acids is 1. The summed E-state index contributed by atoms with van der Waals surface area (Å²) in [6.07, 6.45) is 3.97. The van der Waals surface area contributed by atoms with Gasteiger partial charge in [0.15, 0.2) is 0 Å². The highest BCUT2D eigenvalue weighted by Gasteiger charge is 2.35. The molecule has 0 bridgehead atoms. The summed E-state index contributed by atoms with van der Waals surface area (Å²) in [6, 6.07) is 10.9. The molecule has 0 amide bonds. The normalized spacial score (nSPS) is 24.5. The van der Waals surface area contributed by atoms with Crippen LogP contribution in [0.3, 0.4) is 0 Å². The number of benzene rings is 1. The average molecular weight is 383 g/mol. The Hall–Kier alpha value is -2.18. The summed E-state index contributed by atoms with van der Waals surface area (Å²) in [5, 5.41) is 10.4. The molecule has 0 radical (unpaired) electrons. The van der Waals surface area contributed by atoms with Crippen molar-refractivity contribution < 1.29 is 9.90 Å². The Bertz CT molecular complexity index is 814. The Balaban J connectivity index is 1.55. The van der Waals surface area contributed by atoms with Crippen LogP contribution in [0, 0.1) is 5.92 Å². The molecule has 1 N–H and O–H groups in total. The summed E-state index contributed by atoms with van der Waals surface area (Å²) in [6.45, 7) is 6.29. The number of nitrogens with zero attached hydrogens (tertiary/aromatic N) is 4. The van der Waals surface area contributed by atoms with Gasteiger partial charge in [-0.3, -0.25) is 14.7 Å². The number of para-hydroxylation sites is 1. The molecule has 6 heteroatoms. The van der Waals surface area contributed by atoms with Crippen LogP contribution < -0.4 is 4.90 Å². The van der Waals surface area contributed by atoms with Gasteiger partial charge >= 0.3 is 5.97 Å². The zero-order valence-electron chi connectivity index (χ0n) is 16.6. The summed E-state index contributed by atoms with van der Waals surface area (Å²) < 4.78 is 0. The van der Waals surface area contributed by atoms with Gasteiger partial charge in [-0.1, -0.05) is 18.2 Å². The summed E-state index contributed by atoms with van der Waals surface area (Å²) in [5.41, 5.74) is 2.24. The van der Waals surface area contributed by atoms with Crippen molar-refractivity contribution in [2.75, 3.05) is 51.2 Å². The van der Waals surface area contributed by atoms with E-state index in [1.54, 1.807) is 0 Å². The van der Waals surface area contributed by atoms with Gasteiger partial charge in [0.1, 0.15) is 0 Å². The van der Waals surface area contributed by atoms with Gasteiger partial charge in [0.2, 0.25) is 0 Å². The minimum atomic E-state index is -0.691. The fourth-order valence-electron chi connectivity index (χ4n) is 4.82. The molecule has 2 saturated heterocycles. The first-order valence-corrected chi connectivity index (χ1v) is 10.3. The molecule has 1 aromatic heterocycles. The molecule has 0 spiro atoms. The highest BCUT2D eigenvalue weighted by atomic mass is 16.4. The van der Waals surface area contributed by atoms with Crippen LogP contribution in [-0.2, 0) is 4.79 Å². The zero-order chi connectivity index (χ0) is 19.5. The number of hydrogen-bond donors (Lipinski definition) is 1. The Morgan fingerprint density at radius 3 is 2.71 bits per heavy atom. The lowest BCUT2D eigenvalue weighted by molar-refractivity contribution is -0.137. The van der Waals surface area contributed by atoms with Crippen LogP contribution in [0.25, 0.3) is 10.9 Å². The summed E-state index contributed by atoms with van der Waals surface area (Å²) in [5.74, 6) is -0.316. The molecule has 2 atom stereocenters. The number of carboxylic acid groups (broad SMARTS) is 1. The SMILES string of the molecule is CN1CCN([C@H]2CCN(c3ccnc4ccccc34)C[C@H]2CCC(=O)O)CC1. The van der Waals surface area contributed by atoms with Crippen molar-refractivity contribution in [3.8, 4) is 0 Å². The van der Waals surface area contributed by atoms with Gasteiger partial charge in [-0.15, -0.1) is 0 Å². The summed E-state index contributed by atoms with van der Waals surface area (Å²) >= 11 is 0. The second-order valence-corrected chi connectivity index (χ2v) is 8.18. The number of piperidine rings is 1. The van der Waals surface area contributed by atoms with E-state index in [1.807, 2.05) is 12.3 Å². The number of hydrogen-bond acceptors (Lipinski definition) is 5. The van der Waals surface area contributed by atoms with Crippen molar-refractivity contribution in [3.05, 3.63) is 36.5 Å². The van der Waals surface area contributed by atoms with Crippen LogP contribution in [-0.4, -0.2) is 78.2 Å². The third-order valence-corrected chi connectivity index (χ3v) is 6.40. The number of carbonyl (C=O) groups is 1. The fourth-order valence-corrected chi connectivity index (χ4v) is 4.82. The zero-order valence-corrected chi connectivity index (χ0v) is 16.6. The lowest BCUT2D eigenvalue weighted by atomic mass is 9.86. The first kappa shape index (κ1) is 19.2. The van der Waals surface area contributed by atoms with E-state index in [0.717, 1.165) is 57.6 Å². The van der Waals surface area contributed by atoms with E-state index in [1.165, 1.54) is 11.1 Å². The Morgan fingerprint density at radius 2 is 1.93 bits per heavy atom. The van der Waals surface area contributed by atoms with Crippen LogP contribution in [0.2, 0.25) is 0 Å². The van der Waals surface area contributed by atoms with E-state index in [0.29, 0.717) is 12.0 Å². The van der Waals surface area contributed by atoms with Gasteiger partial charge in [0.25, 0.3) is 0 Å². The monoisotopic (exact) mass is 382 g/mol. The van der Waals surface area contributed by atoms with E-state index in [9.17, 15) is 9.90 Å². The van der Waals surface area contributed by atoms with Gasteiger partial charge in [-0.05, 0) is 37.9 Å². The highest BCUT2D eigenvalue weighted by Crippen LogP contribution is 2.33. The number of likely N-dealkylation sites (N-methyl/N-ethyl adjacent to an activating group) is 1. The molecule has 0 unspecified atom stereocenters. The fraction of sp³-hybridized carbons (Fsp3) is 0.545. The Morgan fingerprint density at radius 1 is 1.14 bits per heavy atom. The van der Waals surface area contributed by atoms with Crippen molar-refractivity contribution >= 4 is 22.6 Å². The Kier molecular flexibility index (Phi) is 5.78. The van der Waals surface area contributed by atoms with Gasteiger partial charge in [0, 0.05) is 69.0 Å². The minimum Gasteiger partial charge on any atom is -0.481 e. The largest absolute Gasteiger partial charge is 0.481 e. The topological polar surface area (TPSA) is 59.9 Å². The maximum Gasteiger partial charge on any atom is 0.303 e. The van der Waals surface area contributed by atoms with Gasteiger partial charge in [-0.25, -0.2) is 0 Å². The van der Waals surface area contributed by atoms with Crippen molar-refractivity contribution in [2.45, 2.75) is 25.3 Å². The van der Waals surface area contributed by atoms with E-state index in [2.05, 4.69) is 51.0 Å². The van der Waals surface area contributed by atoms with Crippen molar-refractivity contribution in [1.29, 1.82) is 0 Å². The number of carboxylic acids is 1. The minimum absolute atomic E-state index is 0.250. The van der Waals surface area contributed by atoms with Crippen LogP contribution >= 0.6 is 0 Å². The van der Waals surface area contributed by atoms with Crippen molar-refractivity contribution in [2.24, 2.45) is 5.92 Å². The van der Waals surface area contributed by atoms with Crippen LogP contribution in [0.5, 0.6) is 0 Å². The average Bonchev–Trinajstić information content (AvgIpc) is 2.72. The Labute approximate surface area is 166 Å². The molecule has 1 aromatic carbocycles. The first-order valence-electron chi connectivity index (χ1n) is 10.3. The molecular weight excluding hydrogens is 352 g/mol. The summed E-state index contributed by atoms with van der Waals surface area (Å²) in [4.78, 5) is 23.2. The first-order chi connectivity index (χ1) is 13.6. The third kappa shape index (κ3) is 4.13. The number of anilines is 1. The molecule has 2 fully saturated rings. The standard InChI is InChI=1S/C22H30N4O2/c1-24-12-14-25(15-13-24)20-9-11-26(16-17(20)6-7-22(27)28)21-8-10-23-19-5-3-2-4-18(19)21/h2-5,8,10,17,20H,6-7,9,11-16H2,1H3,(H,27,28)/t17-,20+/m1/s1. The van der Waals surface area contributed by atoms with E-state index < -0.39 is 5.97 Å². The van der Waals surface area contributed by atoms with E-state index in [-0.39, 0.29) is 6.42 Å². The van der Waals surface area contributed by atoms with Gasteiger partial charge in [0.05, 0.1) is 5.52 Å². The highest BCUT2D eigenvalue weighted by molar-refractivity contribution is 5.91. The second-order valence-electron chi connectivity index (χ2n) is 8.18. The number of fused-ring (bicyclic) bond motifs is 1. The predicted molar refractivity (Wildman–Crippen MR) is 112 cm³/mol. The van der Waals surface area contributed by atoms with Crippen LogP contribution in [0.4, 0.5) is 5.69 Å². The lowest BCUT2D eigenvalue weighted by Crippen LogP contribution is -2.56. The molecule has 4 rings (SSSR count). The van der Waals surface area contributed by atoms with E-state index >= 15 is 0 Å². The number of aromatic nitrogens is 1. The molecule has 3 heterocycles. The molecule has 0 saturated carbocycles. The molecule has 0 aliphatic carbocycles. The second kappa shape index (κ2) is 8.45. The van der Waals surface area contributed by atoms with Crippen LogP contribution in [0.15, 0.2) is 36.5 Å². The van der Waals surface area contributed by atoms with Crippen molar-refractivity contribution in [3.63, 3.8) is 0 Å². The molecule has 2 aliphatic rings. The molecule has 2 aromatic rings. The molecule has 2 aliphatic heterocycles. The maximum atomic E-state index is 11.3. The lowest BCUT2D eigenvalue weighted by Gasteiger charge is -2.47. The third-order valence-electron chi connectivity index (χ3n) is 6.40. The quantitative estimate of drug-likeness (QED) is 0.858. The van der Waals surface area contributed by atoms with Gasteiger partial charge in [-0.2, -0.15) is 0 Å². The van der Waals surface area contributed by atoms with Gasteiger partial charge < -0.3 is 14.9 Å². The molecule has 6 nitrogen and oxygen atoms in total. The molecule has 28 heavy (non-hydrogen) atoms. The number of piperazine rings is 1. The predicted octanol–water partition coefficient (Wildman–Crippen LogP) is 2.54. The molecule has 150 valence electrons. The summed E-state index contributed by atoms with van der Waals surface area (Å²) in [7, 11) is 2.18. The number of pyridine rings is 1. The smallest absolute Gasteiger partial charge is 0.303 e. The van der Waals surface area contributed by atoms with Crippen LogP contribution in [0.1, 0.15) is 19.3 Å². The van der Waals surface area contributed by atoms with E-state index in [4.69, 9.17) is 0 Å². The maximum absolute atomic E-state index is 11.3. The number of rotatable bonds is 5. The molecular formula is C22H30N4O2.